The van der Waals surface area contributed by atoms with Crippen LogP contribution in [0, 0.1) is 25.2 Å². The zero-order valence-electron chi connectivity index (χ0n) is 47.1. The van der Waals surface area contributed by atoms with Crippen molar-refractivity contribution in [2.24, 2.45) is 4.99 Å². The molecule has 12 rings (SSSR count). The number of H-pyrrole nitrogens is 1. The number of aliphatic imine (C=N–C) groups is 1. The van der Waals surface area contributed by atoms with Crippen LogP contribution in [0.2, 0.25) is 13.3 Å². The van der Waals surface area contributed by atoms with Gasteiger partial charge in [-0.05, 0) is 130 Å². The monoisotopic (exact) mass is 1610 g/mol. The van der Waals surface area contributed by atoms with E-state index in [1.165, 1.54) is 92.0 Å². The van der Waals surface area contributed by atoms with E-state index in [-0.39, 0.29) is 23.5 Å². The summed E-state index contributed by atoms with van der Waals surface area (Å²) in [6.07, 6.45) is 24.6. The molecule has 0 saturated carbocycles. The molecular formula is C63H57BBr2I2N9O8Sn. The van der Waals surface area contributed by atoms with Crippen LogP contribution in [0.3, 0.4) is 0 Å². The van der Waals surface area contributed by atoms with Crippen LogP contribution < -0.4 is 13.9 Å². The third kappa shape index (κ3) is 18.6. The number of halogens is 4. The van der Waals surface area contributed by atoms with Gasteiger partial charge in [0.2, 0.25) is 0 Å². The van der Waals surface area contributed by atoms with Crippen molar-refractivity contribution in [2.75, 3.05) is 0 Å². The predicted octanol–water partition coefficient (Wildman–Crippen LogP) is 17.4. The molecule has 23 heteroatoms. The number of pyridine rings is 2. The Morgan fingerprint density at radius 1 is 0.756 bits per heavy atom. The minimum absolute atomic E-state index is 0.140. The molecule has 7 aromatic heterocycles. The number of aromatic nitrogens is 6. The van der Waals surface area contributed by atoms with Gasteiger partial charge in [0, 0.05) is 55.9 Å². The fourth-order valence-electron chi connectivity index (χ4n) is 9.14. The van der Waals surface area contributed by atoms with E-state index in [9.17, 15) is 9.59 Å². The average Bonchev–Trinajstić information content (AvgIpc) is 2.94. The summed E-state index contributed by atoms with van der Waals surface area (Å²) < 4.78 is 35.9. The van der Waals surface area contributed by atoms with Gasteiger partial charge >= 0.3 is 124 Å². The van der Waals surface area contributed by atoms with Gasteiger partial charge in [0.1, 0.15) is 45.1 Å². The fourth-order valence-corrected chi connectivity index (χ4v) is 25.8. The predicted molar refractivity (Wildman–Crippen MR) is 363 cm³/mol. The molecule has 0 atom stereocenters. The maximum Gasteiger partial charge on any atom is 0.569 e. The maximum atomic E-state index is 12.0. The summed E-state index contributed by atoms with van der Waals surface area (Å²) >= 11 is 9.02. The Morgan fingerprint density at radius 2 is 1.42 bits per heavy atom. The second kappa shape index (κ2) is 34.5. The molecule has 0 unspecified atom stereocenters. The van der Waals surface area contributed by atoms with E-state index >= 15 is 0 Å². The fraction of sp³-hybridized carbons (Fsp3) is 0.206. The number of Topliss-reactive ketones (excluding diaryl/α,β-unsaturated/α-hetero) is 1. The van der Waals surface area contributed by atoms with Crippen LogP contribution in [-0.4, -0.2) is 73.0 Å². The summed E-state index contributed by atoms with van der Waals surface area (Å²) in [5, 5.41) is 20.3. The van der Waals surface area contributed by atoms with E-state index in [1.54, 1.807) is 61.8 Å². The molecule has 437 valence electrons. The molecule has 1 aliphatic rings. The summed E-state index contributed by atoms with van der Waals surface area (Å²) in [7, 11) is 0.481. The van der Waals surface area contributed by atoms with Gasteiger partial charge in [-0.25, -0.2) is 14.8 Å². The number of carbonyl (C=O) groups is 1. The molecular weight excluding hydrogens is 1550 g/mol. The number of hydrogen-bond donors (Lipinski definition) is 2. The number of nitriles is 1. The Balaban J connectivity index is 0.000000151. The minimum atomic E-state index is -2.24. The number of benzene rings is 4. The number of ketones is 1. The van der Waals surface area contributed by atoms with Crippen LogP contribution in [-0.2, 0) is 0 Å². The number of aromatic amines is 1. The van der Waals surface area contributed by atoms with E-state index in [0.717, 1.165) is 44.0 Å². The molecule has 2 N–H and O–H groups in total. The smallest absolute Gasteiger partial charge is 0.538 e. The zero-order chi connectivity index (χ0) is 61.3. The number of furan rings is 2. The Hall–Kier alpha value is -6.82. The zero-order valence-corrected chi connectivity index (χ0v) is 57.4. The summed E-state index contributed by atoms with van der Waals surface area (Å²) in [4.78, 5) is 54.4. The first-order valence-corrected chi connectivity index (χ1v) is 38.5. The van der Waals surface area contributed by atoms with Crippen molar-refractivity contribution in [2.45, 2.75) is 79.0 Å². The Bertz CT molecular complexity index is 4100. The first-order valence-electron chi connectivity index (χ1n) is 27.2. The number of nitrogens with one attached hydrogen (secondary N) is 1. The topological polar surface area (TPSA) is 237 Å². The van der Waals surface area contributed by atoms with E-state index in [1.807, 2.05) is 60.9 Å². The van der Waals surface area contributed by atoms with Crippen LogP contribution in [0.25, 0.3) is 60.2 Å². The molecule has 1 aliphatic heterocycles. The van der Waals surface area contributed by atoms with Gasteiger partial charge in [0.25, 0.3) is 5.56 Å². The largest absolute Gasteiger partial charge is 0.569 e. The van der Waals surface area contributed by atoms with Crippen molar-refractivity contribution in [1.29, 1.82) is 5.26 Å². The van der Waals surface area contributed by atoms with Crippen LogP contribution >= 0.6 is 77.0 Å². The Kier molecular flexibility index (Phi) is 26.8. The number of rotatable bonds is 14. The minimum Gasteiger partial charge on any atom is -0.538 e. The van der Waals surface area contributed by atoms with Crippen LogP contribution in [0.15, 0.2) is 190 Å². The third-order valence-corrected chi connectivity index (χ3v) is 30.8. The van der Waals surface area contributed by atoms with E-state index < -0.39 is 18.4 Å². The quantitative estimate of drug-likeness (QED) is 0.0446. The van der Waals surface area contributed by atoms with Crippen molar-refractivity contribution in [3.8, 4) is 34.3 Å². The number of hydrogen-bond acceptors (Lipinski definition) is 15. The van der Waals surface area contributed by atoms with Crippen molar-refractivity contribution in [1.82, 2.24) is 29.9 Å². The van der Waals surface area contributed by atoms with Gasteiger partial charge in [0.05, 0.1) is 56.0 Å². The van der Waals surface area contributed by atoms with Crippen molar-refractivity contribution >= 4 is 163 Å². The standard InChI is InChI=1S/C14H8N4O.C11H6BrNO2.C10H6BN2O3.C8H4BrIO.C5H4IN.3C4H9.C3H2NO.Sn/c15-7-9-5-10(11-3-1-2-4-16-11)13-12(6-9)17-8-18-14(13)19;12-7-1-2-11-8(3-7)9(4-15-11)10-5-14-6-13-10;1-12-6-4-7-10(8(14)2-3-13-7)9(5-6)16-11-15;9-5-1-2-8-6(3-5)7(10)4-11-8;6-5-3-1-2-4-7-5;3*1-3-4-2;1-2-5-3-4-1;/h1-6,8H,(H,17,18,19);1-6H;3-5,15H,2H2;1-4H;1-4H;3*1,3-4H2,2H3;2-3H;. The van der Waals surface area contributed by atoms with Gasteiger partial charge in [-0.1, -0.05) is 44.0 Å². The first-order chi connectivity index (χ1) is 41.8. The third-order valence-electron chi connectivity index (χ3n) is 13.3. The molecule has 17 nitrogen and oxygen atoms in total. The van der Waals surface area contributed by atoms with Gasteiger partial charge in [-0.2, -0.15) is 5.26 Å². The molecule has 0 amide bonds. The molecule has 1 radical (unpaired) electrons. The number of carbonyl (C=O) groups excluding carboxylic acids is 1. The normalized spacial score (nSPS) is 11.2. The average molecular weight is 1610 g/mol. The second-order valence-corrected chi connectivity index (χ2v) is 36.2. The van der Waals surface area contributed by atoms with Crippen molar-refractivity contribution < 1.29 is 32.1 Å². The van der Waals surface area contributed by atoms with Gasteiger partial charge in [0.15, 0.2) is 17.9 Å². The van der Waals surface area contributed by atoms with Gasteiger partial charge in [-0.3, -0.25) is 24.5 Å². The number of oxazole rings is 2. The maximum absolute atomic E-state index is 12.0. The summed E-state index contributed by atoms with van der Waals surface area (Å²) in [6, 6.07) is 31.3. The van der Waals surface area contributed by atoms with Crippen LogP contribution in [0.5, 0.6) is 5.75 Å². The van der Waals surface area contributed by atoms with Crippen LogP contribution in [0.4, 0.5) is 11.4 Å². The number of nitrogens with zero attached hydrogens (tertiary/aromatic N) is 8. The molecule has 8 heterocycles. The summed E-state index contributed by atoms with van der Waals surface area (Å²) in [5.41, 5.74) is 6.49. The second-order valence-electron chi connectivity index (χ2n) is 19.1. The molecule has 4 aromatic carbocycles. The molecule has 0 bridgehead atoms. The Labute approximate surface area is 546 Å². The molecule has 86 heavy (non-hydrogen) atoms. The SMILES string of the molecule is Brc1ccc2occ(-c3cocn3)c2c1.Brc1ccc2occ(I)c2c1.CCC[CH2][Sn]([CH2]CCC)([CH2]CCC)[c]1cocn1.Ic1ccccn1.N#Cc1cc(-c2ccccn2)c2c(=O)[nH]cnc2c1.[C-]#[N+]c1cc2c(c(O[B]O)c1)C(=O)CC=N2. The van der Waals surface area contributed by atoms with E-state index in [0.29, 0.717) is 52.3 Å². The van der Waals surface area contributed by atoms with Gasteiger partial charge in [-0.15, -0.1) is 0 Å². The summed E-state index contributed by atoms with van der Waals surface area (Å²) in [6.45, 7) is 13.8. The van der Waals surface area contributed by atoms with Gasteiger partial charge < -0.3 is 27.9 Å². The van der Waals surface area contributed by atoms with E-state index in [4.69, 9.17) is 39.2 Å². The molecule has 11 aromatic rings. The van der Waals surface area contributed by atoms with Crippen LogP contribution in [0.1, 0.15) is 81.6 Å². The molecule has 0 aliphatic carbocycles. The van der Waals surface area contributed by atoms with Crippen molar-refractivity contribution in [3.05, 3.63) is 203 Å². The molecule has 0 fully saturated rings. The summed E-state index contributed by atoms with van der Waals surface area (Å²) in [5.74, 6) is 0.0197. The molecule has 0 spiro atoms. The molecule has 0 saturated heterocycles. The number of unbranched alkanes of at least 4 members (excludes halogenated alkanes) is 3. The number of fused-ring (bicyclic) bond motifs is 4. The Morgan fingerprint density at radius 3 is 2.00 bits per heavy atom. The first kappa shape index (κ1) is 66.7. The van der Waals surface area contributed by atoms with E-state index in [2.05, 4.69) is 150 Å². The van der Waals surface area contributed by atoms with Crippen molar-refractivity contribution in [3.63, 3.8) is 0 Å².